The summed E-state index contributed by atoms with van der Waals surface area (Å²) in [5.41, 5.74) is 5.62. The highest BCUT2D eigenvalue weighted by Crippen LogP contribution is 2.02. The van der Waals surface area contributed by atoms with Crippen LogP contribution in [0.4, 0.5) is 0 Å². The molecular weight excluding hydrogens is 212 g/mol. The molecule has 0 atom stereocenters. The summed E-state index contributed by atoms with van der Waals surface area (Å²) in [5.74, 6) is 0. The Bertz CT molecular complexity index is 182. The second-order valence-corrected chi connectivity index (χ2v) is 4.85. The highest BCUT2D eigenvalue weighted by Gasteiger charge is 2.14. The molecule has 0 spiro atoms. The highest BCUT2D eigenvalue weighted by atomic mass is 15.2. The number of rotatable bonds is 7. The van der Waals surface area contributed by atoms with Gasteiger partial charge >= 0.3 is 0 Å². The SMILES string of the molecule is CCN(CC)CCN1CCCN(CCN)CC1. The molecule has 1 aliphatic rings. The van der Waals surface area contributed by atoms with Crippen LogP contribution in [0.15, 0.2) is 0 Å². The molecule has 0 aromatic rings. The number of nitrogens with zero attached hydrogens (tertiary/aromatic N) is 3. The van der Waals surface area contributed by atoms with E-state index in [1.54, 1.807) is 0 Å². The van der Waals surface area contributed by atoms with Crippen LogP contribution < -0.4 is 5.73 Å². The fourth-order valence-electron chi connectivity index (χ4n) is 2.48. The zero-order valence-corrected chi connectivity index (χ0v) is 11.7. The van der Waals surface area contributed by atoms with Gasteiger partial charge in [0.05, 0.1) is 0 Å². The molecule has 0 amide bonds. The summed E-state index contributed by atoms with van der Waals surface area (Å²) in [6, 6.07) is 0. The van der Waals surface area contributed by atoms with Crippen molar-refractivity contribution >= 4 is 0 Å². The molecule has 1 fully saturated rings. The summed E-state index contributed by atoms with van der Waals surface area (Å²) in [6.07, 6.45) is 1.29. The molecular formula is C13H30N4. The quantitative estimate of drug-likeness (QED) is 0.696. The van der Waals surface area contributed by atoms with Gasteiger partial charge < -0.3 is 20.4 Å². The van der Waals surface area contributed by atoms with Crippen molar-refractivity contribution in [3.05, 3.63) is 0 Å². The lowest BCUT2D eigenvalue weighted by atomic mass is 10.3. The first-order chi connectivity index (χ1) is 8.30. The molecule has 4 nitrogen and oxygen atoms in total. The Balaban J connectivity index is 2.21. The summed E-state index contributed by atoms with van der Waals surface area (Å²) >= 11 is 0. The maximum Gasteiger partial charge on any atom is 0.0110 e. The van der Waals surface area contributed by atoms with Gasteiger partial charge in [-0.1, -0.05) is 13.8 Å². The number of nitrogens with two attached hydrogens (primary N) is 1. The Morgan fingerprint density at radius 3 is 2.06 bits per heavy atom. The van der Waals surface area contributed by atoms with Crippen molar-refractivity contribution in [3.63, 3.8) is 0 Å². The first-order valence-electron chi connectivity index (χ1n) is 7.17. The minimum Gasteiger partial charge on any atom is -0.329 e. The Morgan fingerprint density at radius 1 is 0.941 bits per heavy atom. The van der Waals surface area contributed by atoms with Gasteiger partial charge in [-0.05, 0) is 32.6 Å². The maximum atomic E-state index is 5.62. The molecule has 1 heterocycles. The predicted octanol–water partition coefficient (Wildman–Crippen LogP) is 0.295. The van der Waals surface area contributed by atoms with E-state index in [-0.39, 0.29) is 0 Å². The molecule has 0 aromatic carbocycles. The minimum absolute atomic E-state index is 0.791. The molecule has 0 aliphatic carbocycles. The van der Waals surface area contributed by atoms with Gasteiger partial charge in [0.25, 0.3) is 0 Å². The van der Waals surface area contributed by atoms with Gasteiger partial charge in [0, 0.05) is 39.3 Å². The monoisotopic (exact) mass is 242 g/mol. The molecule has 102 valence electrons. The lowest BCUT2D eigenvalue weighted by Crippen LogP contribution is -2.38. The van der Waals surface area contributed by atoms with E-state index in [1.807, 2.05) is 0 Å². The summed E-state index contributed by atoms with van der Waals surface area (Å²) in [7, 11) is 0. The van der Waals surface area contributed by atoms with Gasteiger partial charge in [0.2, 0.25) is 0 Å². The van der Waals surface area contributed by atoms with Crippen LogP contribution in [-0.2, 0) is 0 Å². The third kappa shape index (κ3) is 5.82. The van der Waals surface area contributed by atoms with Crippen molar-refractivity contribution in [2.45, 2.75) is 20.3 Å². The first kappa shape index (κ1) is 14.9. The minimum atomic E-state index is 0.791. The molecule has 0 saturated carbocycles. The molecule has 4 heteroatoms. The van der Waals surface area contributed by atoms with E-state index < -0.39 is 0 Å². The predicted molar refractivity (Wildman–Crippen MR) is 74.3 cm³/mol. The van der Waals surface area contributed by atoms with Gasteiger partial charge in [-0.3, -0.25) is 0 Å². The zero-order chi connectivity index (χ0) is 12.5. The first-order valence-corrected chi connectivity index (χ1v) is 7.17. The number of hydrogen-bond acceptors (Lipinski definition) is 4. The van der Waals surface area contributed by atoms with Crippen molar-refractivity contribution in [2.75, 3.05) is 65.4 Å². The summed E-state index contributed by atoms with van der Waals surface area (Å²) < 4.78 is 0. The normalized spacial score (nSPS) is 19.8. The smallest absolute Gasteiger partial charge is 0.0110 e. The van der Waals surface area contributed by atoms with E-state index in [2.05, 4.69) is 28.5 Å². The van der Waals surface area contributed by atoms with Gasteiger partial charge in [0.15, 0.2) is 0 Å². The summed E-state index contributed by atoms with van der Waals surface area (Å²) in [4.78, 5) is 7.61. The van der Waals surface area contributed by atoms with Crippen LogP contribution in [0.5, 0.6) is 0 Å². The number of likely N-dealkylation sites (N-methyl/N-ethyl adjacent to an activating group) is 1. The topological polar surface area (TPSA) is 35.7 Å². The largest absolute Gasteiger partial charge is 0.329 e. The lowest BCUT2D eigenvalue weighted by molar-refractivity contribution is 0.214. The average Bonchev–Trinajstić information content (AvgIpc) is 2.57. The van der Waals surface area contributed by atoms with Gasteiger partial charge in [-0.2, -0.15) is 0 Å². The lowest BCUT2D eigenvalue weighted by Gasteiger charge is -2.25. The summed E-state index contributed by atoms with van der Waals surface area (Å²) in [6.45, 7) is 16.0. The van der Waals surface area contributed by atoms with Crippen LogP contribution in [0.2, 0.25) is 0 Å². The van der Waals surface area contributed by atoms with Gasteiger partial charge in [-0.25, -0.2) is 0 Å². The van der Waals surface area contributed by atoms with Crippen molar-refractivity contribution in [2.24, 2.45) is 5.73 Å². The fraction of sp³-hybridized carbons (Fsp3) is 1.00. The average molecular weight is 242 g/mol. The number of hydrogen-bond donors (Lipinski definition) is 1. The van der Waals surface area contributed by atoms with E-state index in [9.17, 15) is 0 Å². The molecule has 0 aromatic heterocycles. The molecule has 2 N–H and O–H groups in total. The van der Waals surface area contributed by atoms with Crippen molar-refractivity contribution < 1.29 is 0 Å². The van der Waals surface area contributed by atoms with Gasteiger partial charge in [-0.15, -0.1) is 0 Å². The molecule has 1 rings (SSSR count). The Kier molecular flexibility index (Phi) is 7.77. The van der Waals surface area contributed by atoms with Crippen LogP contribution in [-0.4, -0.2) is 80.1 Å². The molecule has 0 bridgehead atoms. The standard InChI is InChI=1S/C13H30N4/c1-3-15(4-2)10-11-17-8-5-7-16(9-6-14)12-13-17/h3-14H2,1-2H3. The van der Waals surface area contributed by atoms with Crippen molar-refractivity contribution in [1.29, 1.82) is 0 Å². The van der Waals surface area contributed by atoms with E-state index in [4.69, 9.17) is 5.73 Å². The van der Waals surface area contributed by atoms with E-state index in [0.29, 0.717) is 0 Å². The van der Waals surface area contributed by atoms with E-state index in [0.717, 1.165) is 13.1 Å². The molecule has 0 unspecified atom stereocenters. The zero-order valence-electron chi connectivity index (χ0n) is 11.7. The molecule has 1 saturated heterocycles. The van der Waals surface area contributed by atoms with Gasteiger partial charge in [0.1, 0.15) is 0 Å². The summed E-state index contributed by atoms with van der Waals surface area (Å²) in [5, 5.41) is 0. The second kappa shape index (κ2) is 8.86. The van der Waals surface area contributed by atoms with E-state index >= 15 is 0 Å². The van der Waals surface area contributed by atoms with Crippen LogP contribution in [0, 0.1) is 0 Å². The molecule has 17 heavy (non-hydrogen) atoms. The second-order valence-electron chi connectivity index (χ2n) is 4.85. The van der Waals surface area contributed by atoms with Crippen molar-refractivity contribution in [1.82, 2.24) is 14.7 Å². The van der Waals surface area contributed by atoms with Crippen LogP contribution >= 0.6 is 0 Å². The van der Waals surface area contributed by atoms with Crippen LogP contribution in [0.25, 0.3) is 0 Å². The third-order valence-electron chi connectivity index (χ3n) is 3.75. The molecule has 0 radical (unpaired) electrons. The Hall–Kier alpha value is -0.160. The fourth-order valence-corrected chi connectivity index (χ4v) is 2.48. The third-order valence-corrected chi connectivity index (χ3v) is 3.75. The van der Waals surface area contributed by atoms with E-state index in [1.165, 1.54) is 58.8 Å². The van der Waals surface area contributed by atoms with Crippen LogP contribution in [0.1, 0.15) is 20.3 Å². The Labute approximate surface area is 107 Å². The van der Waals surface area contributed by atoms with Crippen LogP contribution in [0.3, 0.4) is 0 Å². The highest BCUT2D eigenvalue weighted by molar-refractivity contribution is 4.70. The Morgan fingerprint density at radius 2 is 1.53 bits per heavy atom. The molecule has 1 aliphatic heterocycles. The maximum absolute atomic E-state index is 5.62. The van der Waals surface area contributed by atoms with Crippen molar-refractivity contribution in [3.8, 4) is 0 Å².